The molecule has 0 unspecified atom stereocenters. The molecule has 2 fully saturated rings. The molecule has 1 aromatic rings. The SMILES string of the molecule is CC1(C2(c3ccccn3)CC2)CC1. The number of hydrogen-bond donors (Lipinski definition) is 0. The third-order valence-corrected chi connectivity index (χ3v) is 4.06. The summed E-state index contributed by atoms with van der Waals surface area (Å²) in [7, 11) is 0. The summed E-state index contributed by atoms with van der Waals surface area (Å²) in [4.78, 5) is 4.52. The van der Waals surface area contributed by atoms with Gasteiger partial charge in [-0.3, -0.25) is 4.98 Å². The van der Waals surface area contributed by atoms with Crippen LogP contribution in [0.25, 0.3) is 0 Å². The predicted octanol–water partition coefficient (Wildman–Crippen LogP) is 2.91. The molecule has 0 saturated heterocycles. The number of nitrogens with zero attached hydrogens (tertiary/aromatic N) is 1. The van der Waals surface area contributed by atoms with Crippen LogP contribution in [0.1, 0.15) is 38.3 Å². The van der Waals surface area contributed by atoms with Crippen molar-refractivity contribution < 1.29 is 0 Å². The van der Waals surface area contributed by atoms with Crippen molar-refractivity contribution in [2.45, 2.75) is 38.0 Å². The molecule has 1 nitrogen and oxygen atoms in total. The predicted molar refractivity (Wildman–Crippen MR) is 52.5 cm³/mol. The van der Waals surface area contributed by atoms with Crippen molar-refractivity contribution in [3.8, 4) is 0 Å². The Kier molecular flexibility index (Phi) is 1.24. The molecule has 3 rings (SSSR count). The quantitative estimate of drug-likeness (QED) is 0.670. The van der Waals surface area contributed by atoms with Crippen molar-refractivity contribution in [3.05, 3.63) is 30.1 Å². The number of hydrogen-bond acceptors (Lipinski definition) is 1. The molecule has 0 N–H and O–H groups in total. The maximum atomic E-state index is 4.52. The minimum absolute atomic E-state index is 0.480. The maximum absolute atomic E-state index is 4.52. The van der Waals surface area contributed by atoms with Crippen LogP contribution in [-0.4, -0.2) is 4.98 Å². The van der Waals surface area contributed by atoms with Gasteiger partial charge in [0.05, 0.1) is 0 Å². The van der Waals surface area contributed by atoms with Gasteiger partial charge < -0.3 is 0 Å². The van der Waals surface area contributed by atoms with Gasteiger partial charge in [-0.1, -0.05) is 13.0 Å². The average Bonchev–Trinajstić information content (AvgIpc) is 3.01. The minimum atomic E-state index is 0.480. The fraction of sp³-hybridized carbons (Fsp3) is 0.583. The average molecular weight is 173 g/mol. The van der Waals surface area contributed by atoms with Crippen molar-refractivity contribution in [1.82, 2.24) is 4.98 Å². The molecule has 68 valence electrons. The number of rotatable bonds is 2. The minimum Gasteiger partial charge on any atom is -0.261 e. The Bertz CT molecular complexity index is 320. The molecule has 0 bridgehead atoms. The molecule has 0 aromatic carbocycles. The van der Waals surface area contributed by atoms with Crippen LogP contribution in [0.2, 0.25) is 0 Å². The van der Waals surface area contributed by atoms with Gasteiger partial charge in [0, 0.05) is 17.3 Å². The van der Waals surface area contributed by atoms with E-state index in [-0.39, 0.29) is 0 Å². The highest BCUT2D eigenvalue weighted by molar-refractivity contribution is 5.32. The van der Waals surface area contributed by atoms with Crippen molar-refractivity contribution in [2.24, 2.45) is 5.41 Å². The first-order valence-corrected chi connectivity index (χ1v) is 5.18. The first-order valence-electron chi connectivity index (χ1n) is 5.18. The third kappa shape index (κ3) is 0.903. The topological polar surface area (TPSA) is 12.9 Å². The lowest BCUT2D eigenvalue weighted by atomic mass is 9.84. The van der Waals surface area contributed by atoms with Crippen molar-refractivity contribution >= 4 is 0 Å². The summed E-state index contributed by atoms with van der Waals surface area (Å²) in [6.07, 6.45) is 7.47. The van der Waals surface area contributed by atoms with E-state index in [1.54, 1.807) is 0 Å². The summed E-state index contributed by atoms with van der Waals surface area (Å²) in [5.74, 6) is 0. The molecule has 1 aromatic heterocycles. The second kappa shape index (κ2) is 2.14. The molecular weight excluding hydrogens is 158 g/mol. The van der Waals surface area contributed by atoms with E-state index >= 15 is 0 Å². The van der Waals surface area contributed by atoms with Crippen LogP contribution in [0.3, 0.4) is 0 Å². The van der Waals surface area contributed by atoms with Gasteiger partial charge in [-0.05, 0) is 43.2 Å². The van der Waals surface area contributed by atoms with Crippen LogP contribution in [-0.2, 0) is 5.41 Å². The second-order valence-corrected chi connectivity index (χ2v) is 4.86. The molecule has 1 heterocycles. The molecular formula is C12H15N. The fourth-order valence-electron chi connectivity index (χ4n) is 2.61. The van der Waals surface area contributed by atoms with Gasteiger partial charge in [-0.15, -0.1) is 0 Å². The van der Waals surface area contributed by atoms with E-state index < -0.39 is 0 Å². The molecule has 0 radical (unpaired) electrons. The molecule has 0 amide bonds. The number of pyridine rings is 1. The Morgan fingerprint density at radius 3 is 2.38 bits per heavy atom. The Morgan fingerprint density at radius 2 is 1.92 bits per heavy atom. The van der Waals surface area contributed by atoms with Crippen molar-refractivity contribution in [1.29, 1.82) is 0 Å². The summed E-state index contributed by atoms with van der Waals surface area (Å²) in [5.41, 5.74) is 2.42. The van der Waals surface area contributed by atoms with Crippen LogP contribution in [0, 0.1) is 5.41 Å². The van der Waals surface area contributed by atoms with E-state index in [1.165, 1.54) is 31.4 Å². The Balaban J connectivity index is 2.01. The van der Waals surface area contributed by atoms with E-state index in [1.807, 2.05) is 12.3 Å². The lowest BCUT2D eigenvalue weighted by Crippen LogP contribution is -2.19. The Labute approximate surface area is 79.2 Å². The summed E-state index contributed by atoms with van der Waals surface area (Å²) < 4.78 is 0. The van der Waals surface area contributed by atoms with Crippen molar-refractivity contribution in [2.75, 3.05) is 0 Å². The maximum Gasteiger partial charge on any atom is 0.0470 e. The monoisotopic (exact) mass is 173 g/mol. The summed E-state index contributed by atoms with van der Waals surface area (Å²) in [5, 5.41) is 0. The van der Waals surface area contributed by atoms with E-state index in [0.717, 1.165) is 0 Å². The van der Waals surface area contributed by atoms with E-state index in [9.17, 15) is 0 Å². The van der Waals surface area contributed by atoms with Crippen LogP contribution in [0.15, 0.2) is 24.4 Å². The lowest BCUT2D eigenvalue weighted by molar-refractivity contribution is 0.409. The van der Waals surface area contributed by atoms with Crippen LogP contribution in [0.4, 0.5) is 0 Å². The highest BCUT2D eigenvalue weighted by Gasteiger charge is 2.63. The zero-order valence-electron chi connectivity index (χ0n) is 8.09. The standard InChI is InChI=1S/C12H15N/c1-11(5-6-11)12(7-8-12)10-4-2-3-9-13-10/h2-4,9H,5-8H2,1H3. The zero-order chi connectivity index (χ0) is 8.94. The fourth-order valence-corrected chi connectivity index (χ4v) is 2.61. The van der Waals surface area contributed by atoms with Crippen LogP contribution < -0.4 is 0 Å². The molecule has 2 aliphatic carbocycles. The van der Waals surface area contributed by atoms with Gasteiger partial charge in [0.25, 0.3) is 0 Å². The summed E-state index contributed by atoms with van der Waals surface area (Å²) in [6.45, 7) is 2.43. The highest BCUT2D eigenvalue weighted by atomic mass is 14.8. The molecule has 0 aliphatic heterocycles. The zero-order valence-corrected chi connectivity index (χ0v) is 8.09. The first-order chi connectivity index (χ1) is 6.27. The molecule has 0 spiro atoms. The van der Waals surface area contributed by atoms with Crippen molar-refractivity contribution in [3.63, 3.8) is 0 Å². The summed E-state index contributed by atoms with van der Waals surface area (Å²) in [6, 6.07) is 6.33. The smallest absolute Gasteiger partial charge is 0.0470 e. The first kappa shape index (κ1) is 7.54. The van der Waals surface area contributed by atoms with E-state index in [0.29, 0.717) is 10.8 Å². The van der Waals surface area contributed by atoms with Gasteiger partial charge in [0.15, 0.2) is 0 Å². The lowest BCUT2D eigenvalue weighted by Gasteiger charge is -2.21. The van der Waals surface area contributed by atoms with Gasteiger partial charge >= 0.3 is 0 Å². The van der Waals surface area contributed by atoms with Gasteiger partial charge in [-0.25, -0.2) is 0 Å². The summed E-state index contributed by atoms with van der Waals surface area (Å²) >= 11 is 0. The number of aromatic nitrogens is 1. The van der Waals surface area contributed by atoms with Gasteiger partial charge in [-0.2, -0.15) is 0 Å². The van der Waals surface area contributed by atoms with Crippen LogP contribution >= 0.6 is 0 Å². The molecule has 2 saturated carbocycles. The molecule has 13 heavy (non-hydrogen) atoms. The Morgan fingerprint density at radius 1 is 1.15 bits per heavy atom. The normalized spacial score (nSPS) is 26.8. The highest BCUT2D eigenvalue weighted by Crippen LogP contribution is 2.70. The third-order valence-electron chi connectivity index (χ3n) is 4.06. The van der Waals surface area contributed by atoms with Gasteiger partial charge in [0.2, 0.25) is 0 Å². The molecule has 0 atom stereocenters. The van der Waals surface area contributed by atoms with E-state index in [2.05, 4.69) is 24.0 Å². The largest absolute Gasteiger partial charge is 0.261 e. The van der Waals surface area contributed by atoms with Crippen LogP contribution in [0.5, 0.6) is 0 Å². The van der Waals surface area contributed by atoms with Gasteiger partial charge in [0.1, 0.15) is 0 Å². The molecule has 2 aliphatic rings. The Hall–Kier alpha value is -0.850. The molecule has 1 heteroatoms. The second-order valence-electron chi connectivity index (χ2n) is 4.86. The van der Waals surface area contributed by atoms with E-state index in [4.69, 9.17) is 0 Å².